The predicted octanol–water partition coefficient (Wildman–Crippen LogP) is 1.36. The van der Waals surface area contributed by atoms with E-state index in [0.717, 1.165) is 17.3 Å². The Morgan fingerprint density at radius 3 is 2.58 bits per heavy atom. The van der Waals surface area contributed by atoms with Crippen LogP contribution in [-0.4, -0.2) is 27.6 Å². The van der Waals surface area contributed by atoms with Crippen molar-refractivity contribution >= 4 is 5.97 Å². The molecular formula is C19H17N3O4. The molecular weight excluding hydrogens is 334 g/mol. The lowest BCUT2D eigenvalue weighted by Gasteiger charge is -2.08. The molecule has 0 bridgehead atoms. The Morgan fingerprint density at radius 1 is 1.15 bits per heavy atom. The standard InChI is InChI=1S/C19H17N3O4/c1-26-19(25)16-12-22(17(23)10-21-16)11-14-6-4-13(5-7-14)9-15-3-2-8-20-18(15)24/h2-8,10,12H,9,11H2,1H3,(H,20,24). The Morgan fingerprint density at radius 2 is 1.88 bits per heavy atom. The number of nitrogens with one attached hydrogen (secondary N) is 1. The number of esters is 1. The van der Waals surface area contributed by atoms with Crippen molar-refractivity contribution in [3.05, 3.63) is 98.1 Å². The van der Waals surface area contributed by atoms with E-state index in [0.29, 0.717) is 18.5 Å². The molecule has 0 atom stereocenters. The summed E-state index contributed by atoms with van der Waals surface area (Å²) in [5.74, 6) is -0.595. The molecule has 26 heavy (non-hydrogen) atoms. The maximum Gasteiger partial charge on any atom is 0.358 e. The third-order valence-electron chi connectivity index (χ3n) is 3.94. The summed E-state index contributed by atoms with van der Waals surface area (Å²) in [6.45, 7) is 0.303. The highest BCUT2D eigenvalue weighted by atomic mass is 16.5. The zero-order valence-electron chi connectivity index (χ0n) is 14.1. The van der Waals surface area contributed by atoms with E-state index in [4.69, 9.17) is 0 Å². The van der Waals surface area contributed by atoms with Gasteiger partial charge >= 0.3 is 5.97 Å². The van der Waals surface area contributed by atoms with Gasteiger partial charge in [0.25, 0.3) is 11.1 Å². The van der Waals surface area contributed by atoms with Crippen LogP contribution in [0.25, 0.3) is 0 Å². The first-order chi connectivity index (χ1) is 12.6. The van der Waals surface area contributed by atoms with E-state index in [1.54, 1.807) is 18.3 Å². The Balaban J connectivity index is 1.78. The lowest BCUT2D eigenvalue weighted by molar-refractivity contribution is 0.0592. The number of benzene rings is 1. The van der Waals surface area contributed by atoms with Crippen LogP contribution in [0.5, 0.6) is 0 Å². The van der Waals surface area contributed by atoms with Gasteiger partial charge in [-0.2, -0.15) is 0 Å². The van der Waals surface area contributed by atoms with E-state index >= 15 is 0 Å². The van der Waals surface area contributed by atoms with E-state index in [2.05, 4.69) is 14.7 Å². The first-order valence-corrected chi connectivity index (χ1v) is 7.96. The lowest BCUT2D eigenvalue weighted by atomic mass is 10.0. The molecule has 0 aliphatic rings. The number of ether oxygens (including phenoxy) is 1. The predicted molar refractivity (Wildman–Crippen MR) is 95.2 cm³/mol. The number of H-pyrrole nitrogens is 1. The number of rotatable bonds is 5. The number of pyridine rings is 1. The van der Waals surface area contributed by atoms with E-state index in [-0.39, 0.29) is 16.8 Å². The number of aromatic nitrogens is 3. The minimum Gasteiger partial charge on any atom is -0.464 e. The van der Waals surface area contributed by atoms with E-state index in [9.17, 15) is 14.4 Å². The molecule has 0 spiro atoms. The molecule has 0 amide bonds. The van der Waals surface area contributed by atoms with Crippen molar-refractivity contribution in [2.75, 3.05) is 7.11 Å². The Hall–Kier alpha value is -3.48. The smallest absolute Gasteiger partial charge is 0.358 e. The van der Waals surface area contributed by atoms with Crippen LogP contribution in [0.4, 0.5) is 0 Å². The number of hydrogen-bond acceptors (Lipinski definition) is 5. The number of hydrogen-bond donors (Lipinski definition) is 1. The number of carbonyl (C=O) groups is 1. The van der Waals surface area contributed by atoms with Crippen molar-refractivity contribution in [2.45, 2.75) is 13.0 Å². The first-order valence-electron chi connectivity index (χ1n) is 7.96. The summed E-state index contributed by atoms with van der Waals surface area (Å²) in [6.07, 6.45) is 4.61. The highest BCUT2D eigenvalue weighted by molar-refractivity contribution is 5.86. The first kappa shape index (κ1) is 17.3. The molecule has 2 aromatic heterocycles. The van der Waals surface area contributed by atoms with Gasteiger partial charge in [0.15, 0.2) is 5.69 Å². The molecule has 1 aromatic carbocycles. The molecule has 0 saturated heterocycles. The molecule has 0 radical (unpaired) electrons. The SMILES string of the molecule is COC(=O)c1cn(Cc2ccc(Cc3ccc[nH]c3=O)cc2)c(=O)cn1. The van der Waals surface area contributed by atoms with Gasteiger partial charge in [0.2, 0.25) is 0 Å². The quantitative estimate of drug-likeness (QED) is 0.701. The van der Waals surface area contributed by atoms with Gasteiger partial charge in [0, 0.05) is 24.4 Å². The molecule has 132 valence electrons. The van der Waals surface area contributed by atoms with Crippen LogP contribution in [-0.2, 0) is 17.7 Å². The fraction of sp³-hybridized carbons (Fsp3) is 0.158. The number of nitrogens with zero attached hydrogens (tertiary/aromatic N) is 2. The van der Waals surface area contributed by atoms with E-state index < -0.39 is 5.97 Å². The van der Waals surface area contributed by atoms with Crippen molar-refractivity contribution in [2.24, 2.45) is 0 Å². The minimum absolute atomic E-state index is 0.0759. The second-order valence-electron chi connectivity index (χ2n) is 5.75. The topological polar surface area (TPSA) is 94.0 Å². The third kappa shape index (κ3) is 3.94. The van der Waals surface area contributed by atoms with Gasteiger partial charge in [-0.1, -0.05) is 30.3 Å². The summed E-state index contributed by atoms with van der Waals surface area (Å²) in [5.41, 5.74) is 2.23. The molecule has 7 nitrogen and oxygen atoms in total. The average Bonchev–Trinajstić information content (AvgIpc) is 2.66. The van der Waals surface area contributed by atoms with Gasteiger partial charge in [0.1, 0.15) is 0 Å². The minimum atomic E-state index is -0.595. The normalized spacial score (nSPS) is 10.5. The van der Waals surface area contributed by atoms with Crippen LogP contribution >= 0.6 is 0 Å². The second kappa shape index (κ2) is 7.60. The number of methoxy groups -OCH3 is 1. The monoisotopic (exact) mass is 351 g/mol. The summed E-state index contributed by atoms with van der Waals surface area (Å²) < 4.78 is 6.02. The van der Waals surface area contributed by atoms with Crippen molar-refractivity contribution in [3.8, 4) is 0 Å². The molecule has 0 aliphatic heterocycles. The van der Waals surface area contributed by atoms with Crippen LogP contribution in [0.3, 0.4) is 0 Å². The van der Waals surface area contributed by atoms with Gasteiger partial charge in [-0.15, -0.1) is 0 Å². The number of aromatic amines is 1. The average molecular weight is 351 g/mol. The lowest BCUT2D eigenvalue weighted by Crippen LogP contribution is -2.22. The van der Waals surface area contributed by atoms with Gasteiger partial charge < -0.3 is 14.3 Å². The van der Waals surface area contributed by atoms with Crippen LogP contribution in [0.15, 0.2) is 64.6 Å². The van der Waals surface area contributed by atoms with Crippen molar-refractivity contribution in [3.63, 3.8) is 0 Å². The summed E-state index contributed by atoms with van der Waals surface area (Å²) in [6, 6.07) is 11.2. The van der Waals surface area contributed by atoms with E-state index in [1.165, 1.54) is 17.9 Å². The van der Waals surface area contributed by atoms with E-state index in [1.807, 2.05) is 24.3 Å². The fourth-order valence-corrected chi connectivity index (χ4v) is 2.55. The van der Waals surface area contributed by atoms with Gasteiger partial charge in [-0.3, -0.25) is 9.59 Å². The highest BCUT2D eigenvalue weighted by Gasteiger charge is 2.09. The maximum atomic E-state index is 11.9. The molecule has 0 unspecified atom stereocenters. The van der Waals surface area contributed by atoms with Crippen molar-refractivity contribution < 1.29 is 9.53 Å². The van der Waals surface area contributed by atoms with Crippen molar-refractivity contribution in [1.82, 2.24) is 14.5 Å². The molecule has 0 fully saturated rings. The Labute approximate surface area is 148 Å². The molecule has 0 aliphatic carbocycles. The second-order valence-corrected chi connectivity index (χ2v) is 5.75. The summed E-state index contributed by atoms with van der Waals surface area (Å²) in [4.78, 5) is 41.7. The van der Waals surface area contributed by atoms with Crippen LogP contribution in [0.1, 0.15) is 27.2 Å². The zero-order chi connectivity index (χ0) is 18.5. The fourth-order valence-electron chi connectivity index (χ4n) is 2.55. The molecule has 0 saturated carbocycles. The van der Waals surface area contributed by atoms with Gasteiger partial charge in [0.05, 0.1) is 19.9 Å². The van der Waals surface area contributed by atoms with Crippen LogP contribution in [0.2, 0.25) is 0 Å². The molecule has 1 N–H and O–H groups in total. The third-order valence-corrected chi connectivity index (χ3v) is 3.94. The van der Waals surface area contributed by atoms with Crippen LogP contribution in [0, 0.1) is 0 Å². The highest BCUT2D eigenvalue weighted by Crippen LogP contribution is 2.09. The summed E-state index contributed by atoms with van der Waals surface area (Å²) >= 11 is 0. The Bertz CT molecular complexity index is 1040. The molecule has 3 aromatic rings. The largest absolute Gasteiger partial charge is 0.464 e. The summed E-state index contributed by atoms with van der Waals surface area (Å²) in [7, 11) is 1.26. The summed E-state index contributed by atoms with van der Waals surface area (Å²) in [5, 5.41) is 0. The van der Waals surface area contributed by atoms with Gasteiger partial charge in [-0.25, -0.2) is 9.78 Å². The van der Waals surface area contributed by atoms with Gasteiger partial charge in [-0.05, 0) is 17.2 Å². The molecule has 2 heterocycles. The molecule has 7 heteroatoms. The van der Waals surface area contributed by atoms with Crippen LogP contribution < -0.4 is 11.1 Å². The number of carbonyl (C=O) groups excluding carboxylic acids is 1. The Kier molecular flexibility index (Phi) is 5.07. The zero-order valence-corrected chi connectivity index (χ0v) is 14.1. The van der Waals surface area contributed by atoms with Crippen molar-refractivity contribution in [1.29, 1.82) is 0 Å². The molecule has 3 rings (SSSR count). The maximum absolute atomic E-state index is 11.9.